The predicted octanol–water partition coefficient (Wildman–Crippen LogP) is 3.36. The molecule has 3 aromatic rings. The summed E-state index contributed by atoms with van der Waals surface area (Å²) in [7, 11) is 0. The molecule has 3 rings (SSSR count). The van der Waals surface area contributed by atoms with Crippen molar-refractivity contribution in [3.05, 3.63) is 41.4 Å². The fourth-order valence-electron chi connectivity index (χ4n) is 2.12. The number of carbonyl (C=O) groups is 1. The van der Waals surface area contributed by atoms with Gasteiger partial charge in [-0.3, -0.25) is 4.79 Å². The van der Waals surface area contributed by atoms with Gasteiger partial charge in [0.25, 0.3) is 0 Å². The lowest BCUT2D eigenvalue weighted by Crippen LogP contribution is -2.22. The Bertz CT molecular complexity index is 829. The second-order valence-corrected chi connectivity index (χ2v) is 7.91. The maximum Gasteiger partial charge on any atom is 0.239 e. The molecule has 130 valence electrons. The maximum absolute atomic E-state index is 12.3. The molecule has 0 spiro atoms. The van der Waals surface area contributed by atoms with Gasteiger partial charge >= 0.3 is 0 Å². The normalized spacial score (nSPS) is 12.3. The molecule has 2 aromatic heterocycles. The number of thioether (sulfide) groups is 1. The Morgan fingerprint density at radius 1 is 1.24 bits per heavy atom. The first-order valence-electron chi connectivity index (χ1n) is 7.80. The van der Waals surface area contributed by atoms with Crippen LogP contribution in [0.15, 0.2) is 41.0 Å². The van der Waals surface area contributed by atoms with Gasteiger partial charge in [-0.2, -0.15) is 4.68 Å². The number of nitrogens with one attached hydrogen (secondary N) is 1. The molecule has 1 amide bonds. The number of hydrogen-bond donors (Lipinski definition) is 1. The molecule has 0 aliphatic rings. The molecule has 7 nitrogen and oxygen atoms in total. The topological polar surface area (TPSA) is 85.6 Å². The van der Waals surface area contributed by atoms with Crippen molar-refractivity contribution in [2.24, 2.45) is 0 Å². The molecule has 1 atom stereocenters. The molecule has 25 heavy (non-hydrogen) atoms. The second kappa shape index (κ2) is 7.75. The van der Waals surface area contributed by atoms with E-state index in [0.717, 1.165) is 5.69 Å². The Morgan fingerprint density at radius 2 is 2.00 bits per heavy atom. The summed E-state index contributed by atoms with van der Waals surface area (Å²) in [6.45, 7) is 6.11. The Kier molecular flexibility index (Phi) is 5.44. The number of tetrazole rings is 1. The third-order valence-corrected chi connectivity index (χ3v) is 5.28. The zero-order valence-electron chi connectivity index (χ0n) is 14.1. The Hall–Kier alpha value is -2.26. The summed E-state index contributed by atoms with van der Waals surface area (Å²) >= 11 is 2.69. The van der Waals surface area contributed by atoms with Crippen LogP contribution >= 0.6 is 23.1 Å². The molecule has 0 saturated carbocycles. The summed E-state index contributed by atoms with van der Waals surface area (Å²) in [5.41, 5.74) is 2.12. The van der Waals surface area contributed by atoms with Crippen molar-refractivity contribution in [2.75, 3.05) is 5.32 Å². The average molecular weight is 374 g/mol. The van der Waals surface area contributed by atoms with Crippen LogP contribution in [0.5, 0.6) is 0 Å². The average Bonchev–Trinajstić information content (AvgIpc) is 3.26. The number of nitrogens with zero attached hydrogens (tertiary/aromatic N) is 5. The van der Waals surface area contributed by atoms with Gasteiger partial charge in [0.15, 0.2) is 5.13 Å². The van der Waals surface area contributed by atoms with Gasteiger partial charge in [-0.1, -0.05) is 37.7 Å². The maximum atomic E-state index is 12.3. The van der Waals surface area contributed by atoms with Gasteiger partial charge in [-0.05, 0) is 41.0 Å². The zero-order chi connectivity index (χ0) is 17.8. The van der Waals surface area contributed by atoms with E-state index in [9.17, 15) is 4.79 Å². The van der Waals surface area contributed by atoms with Crippen molar-refractivity contribution in [1.29, 1.82) is 0 Å². The van der Waals surface area contributed by atoms with Crippen molar-refractivity contribution < 1.29 is 4.79 Å². The summed E-state index contributed by atoms with van der Waals surface area (Å²) in [5, 5.41) is 17.2. The first-order valence-corrected chi connectivity index (χ1v) is 9.56. The molecule has 0 bridgehead atoms. The second-order valence-electron chi connectivity index (χ2n) is 5.71. The molecule has 2 heterocycles. The number of benzene rings is 1. The van der Waals surface area contributed by atoms with Crippen molar-refractivity contribution in [2.45, 2.75) is 37.1 Å². The first kappa shape index (κ1) is 17.6. The lowest BCUT2D eigenvalue weighted by Gasteiger charge is -2.11. The van der Waals surface area contributed by atoms with Crippen LogP contribution in [0, 0.1) is 0 Å². The monoisotopic (exact) mass is 374 g/mol. The van der Waals surface area contributed by atoms with Crippen LogP contribution in [-0.2, 0) is 4.79 Å². The van der Waals surface area contributed by atoms with Crippen LogP contribution < -0.4 is 5.32 Å². The number of hydrogen-bond acceptors (Lipinski definition) is 7. The van der Waals surface area contributed by atoms with E-state index in [0.29, 0.717) is 16.2 Å². The van der Waals surface area contributed by atoms with Gasteiger partial charge in [0, 0.05) is 11.6 Å². The molecule has 9 heteroatoms. The molecular weight excluding hydrogens is 356 g/mol. The van der Waals surface area contributed by atoms with E-state index >= 15 is 0 Å². The van der Waals surface area contributed by atoms with Crippen LogP contribution in [0.25, 0.3) is 5.69 Å². The molecular formula is C16H18N6OS2. The minimum atomic E-state index is -0.358. The van der Waals surface area contributed by atoms with E-state index in [1.807, 2.05) is 24.4 Å². The van der Waals surface area contributed by atoms with E-state index in [1.54, 1.807) is 10.9 Å². The molecule has 0 fully saturated rings. The van der Waals surface area contributed by atoms with Gasteiger partial charge < -0.3 is 5.32 Å². The molecule has 0 aliphatic carbocycles. The van der Waals surface area contributed by atoms with Gasteiger partial charge in [-0.25, -0.2) is 4.98 Å². The smallest absolute Gasteiger partial charge is 0.239 e. The third-order valence-electron chi connectivity index (χ3n) is 3.56. The van der Waals surface area contributed by atoms with Crippen molar-refractivity contribution in [3.63, 3.8) is 0 Å². The summed E-state index contributed by atoms with van der Waals surface area (Å²) in [5.74, 6) is 0.330. The Labute approximate surface area is 153 Å². The van der Waals surface area contributed by atoms with E-state index < -0.39 is 0 Å². The molecule has 0 unspecified atom stereocenters. The molecule has 1 aromatic carbocycles. The largest absolute Gasteiger partial charge is 0.301 e. The summed E-state index contributed by atoms with van der Waals surface area (Å²) < 4.78 is 1.64. The van der Waals surface area contributed by atoms with Gasteiger partial charge in [0.1, 0.15) is 0 Å². The fraction of sp³-hybridized carbons (Fsp3) is 0.312. The number of aromatic nitrogens is 5. The van der Waals surface area contributed by atoms with Gasteiger partial charge in [0.2, 0.25) is 11.1 Å². The van der Waals surface area contributed by atoms with E-state index in [-0.39, 0.29) is 11.2 Å². The van der Waals surface area contributed by atoms with Crippen molar-refractivity contribution >= 4 is 34.1 Å². The standard InChI is InChI=1S/C16H18N6OS2/c1-10(2)12-4-6-13(7-5-12)22-16(19-20-21-22)25-11(3)14(23)18-15-17-8-9-24-15/h4-11H,1-3H3,(H,17,18,23)/t11-/m1/s1. The number of amides is 1. The van der Waals surface area contributed by atoms with Crippen LogP contribution in [0.1, 0.15) is 32.3 Å². The van der Waals surface area contributed by atoms with E-state index in [1.165, 1.54) is 28.7 Å². The number of anilines is 1. The first-order chi connectivity index (χ1) is 12.0. The van der Waals surface area contributed by atoms with Crippen LogP contribution in [0.3, 0.4) is 0 Å². The lowest BCUT2D eigenvalue weighted by molar-refractivity contribution is -0.115. The number of carbonyl (C=O) groups excluding carboxylic acids is 1. The highest BCUT2D eigenvalue weighted by molar-refractivity contribution is 8.00. The third kappa shape index (κ3) is 4.23. The minimum Gasteiger partial charge on any atom is -0.301 e. The number of rotatable bonds is 6. The molecule has 0 aliphatic heterocycles. The number of thiazole rings is 1. The quantitative estimate of drug-likeness (QED) is 0.666. The van der Waals surface area contributed by atoms with Crippen LogP contribution in [-0.4, -0.2) is 36.3 Å². The van der Waals surface area contributed by atoms with Crippen molar-refractivity contribution in [3.8, 4) is 5.69 Å². The highest BCUT2D eigenvalue weighted by Gasteiger charge is 2.20. The summed E-state index contributed by atoms with van der Waals surface area (Å²) in [4.78, 5) is 16.3. The van der Waals surface area contributed by atoms with E-state index in [2.05, 4.69) is 51.8 Å². The van der Waals surface area contributed by atoms with Crippen molar-refractivity contribution in [1.82, 2.24) is 25.2 Å². The predicted molar refractivity (Wildman–Crippen MR) is 99.3 cm³/mol. The lowest BCUT2D eigenvalue weighted by atomic mass is 10.0. The zero-order valence-corrected chi connectivity index (χ0v) is 15.7. The van der Waals surface area contributed by atoms with Gasteiger partial charge in [-0.15, -0.1) is 16.4 Å². The SMILES string of the molecule is CC(C)c1ccc(-n2nnnc2S[C@H](C)C(=O)Nc2nccs2)cc1. The fourth-order valence-corrected chi connectivity index (χ4v) is 3.46. The summed E-state index contributed by atoms with van der Waals surface area (Å²) in [6, 6.07) is 8.09. The van der Waals surface area contributed by atoms with Crippen LogP contribution in [0.4, 0.5) is 5.13 Å². The highest BCUT2D eigenvalue weighted by atomic mass is 32.2. The summed E-state index contributed by atoms with van der Waals surface area (Å²) in [6.07, 6.45) is 1.65. The highest BCUT2D eigenvalue weighted by Crippen LogP contribution is 2.25. The molecule has 1 N–H and O–H groups in total. The Balaban J connectivity index is 1.71. The Morgan fingerprint density at radius 3 is 2.64 bits per heavy atom. The molecule has 0 saturated heterocycles. The van der Waals surface area contributed by atoms with E-state index in [4.69, 9.17) is 0 Å². The van der Waals surface area contributed by atoms with Gasteiger partial charge in [0.05, 0.1) is 10.9 Å². The minimum absolute atomic E-state index is 0.135. The molecule has 0 radical (unpaired) electrons. The van der Waals surface area contributed by atoms with Crippen LogP contribution in [0.2, 0.25) is 0 Å².